The Morgan fingerprint density at radius 2 is 1.80 bits per heavy atom. The molecule has 30 heavy (non-hydrogen) atoms. The standard InChI is InChI=1S/C23H16BrFN2O3/c24-17-9-10-21(30-14-15-5-4-6-18(25)11-15)16(12-17)13-20-22(28)26-27(23(20)29)19-7-2-1-3-8-19/h1-13H,14H2,(H,26,28). The number of para-hydroxylation sites is 1. The molecule has 5 nitrogen and oxygen atoms in total. The Kier molecular flexibility index (Phi) is 5.63. The fraction of sp³-hybridized carbons (Fsp3) is 0.0435. The van der Waals surface area contributed by atoms with Crippen molar-refractivity contribution in [2.75, 3.05) is 5.01 Å². The van der Waals surface area contributed by atoms with E-state index in [2.05, 4.69) is 21.4 Å². The summed E-state index contributed by atoms with van der Waals surface area (Å²) in [6.45, 7) is 0.145. The molecule has 0 atom stereocenters. The number of nitrogens with zero attached hydrogens (tertiary/aromatic N) is 1. The van der Waals surface area contributed by atoms with E-state index in [9.17, 15) is 14.0 Å². The average molecular weight is 467 g/mol. The zero-order chi connectivity index (χ0) is 21.1. The van der Waals surface area contributed by atoms with Crippen LogP contribution in [0.2, 0.25) is 0 Å². The number of hydrogen-bond donors (Lipinski definition) is 1. The predicted molar refractivity (Wildman–Crippen MR) is 115 cm³/mol. The number of amides is 2. The van der Waals surface area contributed by atoms with Crippen LogP contribution in [0.25, 0.3) is 6.08 Å². The SMILES string of the molecule is O=C1NN(c2ccccc2)C(=O)C1=Cc1cc(Br)ccc1OCc1cccc(F)c1. The molecule has 1 heterocycles. The number of hydrogen-bond acceptors (Lipinski definition) is 3. The second-order valence-corrected chi connectivity index (χ2v) is 7.49. The summed E-state index contributed by atoms with van der Waals surface area (Å²) in [6.07, 6.45) is 1.49. The Bertz CT molecular complexity index is 1150. The Balaban J connectivity index is 1.62. The Hall–Kier alpha value is -3.45. The minimum Gasteiger partial charge on any atom is -0.488 e. The summed E-state index contributed by atoms with van der Waals surface area (Å²) < 4.78 is 20.0. The Morgan fingerprint density at radius 3 is 2.57 bits per heavy atom. The molecule has 0 radical (unpaired) electrons. The molecule has 1 aliphatic heterocycles. The molecule has 0 unspecified atom stereocenters. The molecule has 0 aliphatic carbocycles. The number of carbonyl (C=O) groups excluding carboxylic acids is 2. The summed E-state index contributed by atoms with van der Waals surface area (Å²) >= 11 is 3.40. The molecule has 0 bridgehead atoms. The number of nitrogens with one attached hydrogen (secondary N) is 1. The molecule has 1 fully saturated rings. The lowest BCUT2D eigenvalue weighted by Gasteiger charge is -2.14. The summed E-state index contributed by atoms with van der Waals surface area (Å²) in [5.74, 6) is -0.834. The van der Waals surface area contributed by atoms with Crippen molar-refractivity contribution in [2.24, 2.45) is 0 Å². The van der Waals surface area contributed by atoms with E-state index in [4.69, 9.17) is 4.74 Å². The number of hydrazine groups is 1. The van der Waals surface area contributed by atoms with Crippen molar-refractivity contribution >= 4 is 39.5 Å². The van der Waals surface area contributed by atoms with Crippen LogP contribution in [0.15, 0.2) is 82.8 Å². The molecule has 1 N–H and O–H groups in total. The van der Waals surface area contributed by atoms with E-state index in [-0.39, 0.29) is 18.0 Å². The van der Waals surface area contributed by atoms with E-state index in [1.165, 1.54) is 23.2 Å². The van der Waals surface area contributed by atoms with Crippen molar-refractivity contribution < 1.29 is 18.7 Å². The molecule has 1 saturated heterocycles. The van der Waals surface area contributed by atoms with E-state index in [1.54, 1.807) is 54.6 Å². The highest BCUT2D eigenvalue weighted by Gasteiger charge is 2.34. The second-order valence-electron chi connectivity index (χ2n) is 6.58. The third kappa shape index (κ3) is 4.26. The normalized spacial score (nSPS) is 14.9. The van der Waals surface area contributed by atoms with Gasteiger partial charge in [-0.15, -0.1) is 0 Å². The van der Waals surface area contributed by atoms with Gasteiger partial charge in [-0.2, -0.15) is 0 Å². The van der Waals surface area contributed by atoms with E-state index < -0.39 is 11.8 Å². The number of anilines is 1. The van der Waals surface area contributed by atoms with Crippen LogP contribution < -0.4 is 15.2 Å². The maximum atomic E-state index is 13.4. The quantitative estimate of drug-likeness (QED) is 0.440. The van der Waals surface area contributed by atoms with Gasteiger partial charge in [-0.1, -0.05) is 46.3 Å². The summed E-state index contributed by atoms with van der Waals surface area (Å²) in [5, 5.41) is 1.21. The van der Waals surface area contributed by atoms with E-state index >= 15 is 0 Å². The van der Waals surface area contributed by atoms with Gasteiger partial charge in [-0.3, -0.25) is 15.0 Å². The molecule has 4 rings (SSSR count). The lowest BCUT2D eigenvalue weighted by Crippen LogP contribution is -2.35. The topological polar surface area (TPSA) is 58.6 Å². The number of ether oxygens (including phenoxy) is 1. The summed E-state index contributed by atoms with van der Waals surface area (Å²) in [7, 11) is 0. The monoisotopic (exact) mass is 466 g/mol. The van der Waals surface area contributed by atoms with E-state index in [1.807, 2.05) is 6.07 Å². The van der Waals surface area contributed by atoms with Gasteiger partial charge in [-0.25, -0.2) is 9.40 Å². The van der Waals surface area contributed by atoms with Crippen LogP contribution in [-0.4, -0.2) is 11.8 Å². The molecule has 0 saturated carbocycles. The number of rotatable bonds is 5. The van der Waals surface area contributed by atoms with Crippen molar-refractivity contribution in [3.8, 4) is 5.75 Å². The van der Waals surface area contributed by atoms with Gasteiger partial charge in [0, 0.05) is 10.0 Å². The minimum atomic E-state index is -0.500. The molecular formula is C23H16BrFN2O3. The zero-order valence-electron chi connectivity index (χ0n) is 15.6. The summed E-state index contributed by atoms with van der Waals surface area (Å²) in [6, 6.07) is 20.2. The van der Waals surface area contributed by atoms with Crippen molar-refractivity contribution in [1.82, 2.24) is 5.43 Å². The van der Waals surface area contributed by atoms with Crippen LogP contribution in [0.3, 0.4) is 0 Å². The molecule has 1 aliphatic rings. The molecule has 150 valence electrons. The van der Waals surface area contributed by atoms with Crippen LogP contribution in [0, 0.1) is 5.82 Å². The van der Waals surface area contributed by atoms with Crippen molar-refractivity contribution in [1.29, 1.82) is 0 Å². The molecule has 3 aromatic rings. The Morgan fingerprint density at radius 1 is 1.00 bits per heavy atom. The average Bonchev–Trinajstić information content (AvgIpc) is 3.02. The summed E-state index contributed by atoms with van der Waals surface area (Å²) in [4.78, 5) is 25.3. The van der Waals surface area contributed by atoms with Crippen LogP contribution in [-0.2, 0) is 16.2 Å². The van der Waals surface area contributed by atoms with Crippen LogP contribution >= 0.6 is 15.9 Å². The van der Waals surface area contributed by atoms with Crippen molar-refractivity contribution in [3.63, 3.8) is 0 Å². The highest BCUT2D eigenvalue weighted by atomic mass is 79.9. The third-order valence-electron chi connectivity index (χ3n) is 4.46. The number of benzene rings is 3. The first kappa shape index (κ1) is 19.8. The smallest absolute Gasteiger partial charge is 0.282 e. The lowest BCUT2D eigenvalue weighted by molar-refractivity contribution is -0.117. The fourth-order valence-corrected chi connectivity index (χ4v) is 3.40. The van der Waals surface area contributed by atoms with Crippen LogP contribution in [0.4, 0.5) is 10.1 Å². The minimum absolute atomic E-state index is 0.00689. The molecule has 0 spiro atoms. The van der Waals surface area contributed by atoms with Crippen molar-refractivity contribution in [3.05, 3.63) is 99.8 Å². The molecular weight excluding hydrogens is 451 g/mol. The van der Waals surface area contributed by atoms with E-state index in [0.29, 0.717) is 22.6 Å². The van der Waals surface area contributed by atoms with Gasteiger partial charge in [0.2, 0.25) is 0 Å². The van der Waals surface area contributed by atoms with Gasteiger partial charge in [0.15, 0.2) is 0 Å². The first-order valence-corrected chi connectivity index (χ1v) is 9.89. The largest absolute Gasteiger partial charge is 0.488 e. The van der Waals surface area contributed by atoms with Crippen LogP contribution in [0.5, 0.6) is 5.75 Å². The maximum Gasteiger partial charge on any atom is 0.282 e. The number of halogens is 2. The molecule has 2 amide bonds. The third-order valence-corrected chi connectivity index (χ3v) is 4.95. The number of carbonyl (C=O) groups is 2. The van der Waals surface area contributed by atoms with Gasteiger partial charge in [0.1, 0.15) is 23.7 Å². The van der Waals surface area contributed by atoms with Gasteiger partial charge in [0.25, 0.3) is 11.8 Å². The van der Waals surface area contributed by atoms with Gasteiger partial charge < -0.3 is 4.74 Å². The lowest BCUT2D eigenvalue weighted by atomic mass is 10.1. The fourth-order valence-electron chi connectivity index (χ4n) is 3.02. The highest BCUT2D eigenvalue weighted by Crippen LogP contribution is 2.28. The van der Waals surface area contributed by atoms with Gasteiger partial charge in [0.05, 0.1) is 5.69 Å². The zero-order valence-corrected chi connectivity index (χ0v) is 17.2. The van der Waals surface area contributed by atoms with Gasteiger partial charge >= 0.3 is 0 Å². The van der Waals surface area contributed by atoms with E-state index in [0.717, 1.165) is 4.47 Å². The molecule has 0 aromatic heterocycles. The highest BCUT2D eigenvalue weighted by molar-refractivity contribution is 9.10. The molecule has 3 aromatic carbocycles. The van der Waals surface area contributed by atoms with Crippen LogP contribution in [0.1, 0.15) is 11.1 Å². The summed E-state index contributed by atoms with van der Waals surface area (Å²) in [5.41, 5.74) is 4.35. The second kappa shape index (κ2) is 8.51. The molecule has 7 heteroatoms. The Labute approximate surface area is 180 Å². The first-order valence-electron chi connectivity index (χ1n) is 9.10. The first-order chi connectivity index (χ1) is 14.5. The predicted octanol–water partition coefficient (Wildman–Crippen LogP) is 4.63. The van der Waals surface area contributed by atoms with Gasteiger partial charge in [-0.05, 0) is 54.1 Å². The maximum absolute atomic E-state index is 13.4. The van der Waals surface area contributed by atoms with Crippen molar-refractivity contribution in [2.45, 2.75) is 6.61 Å².